The Morgan fingerprint density at radius 2 is 1.62 bits per heavy atom. The van der Waals surface area contributed by atoms with Crippen LogP contribution in [-0.4, -0.2) is 24.4 Å². The highest BCUT2D eigenvalue weighted by Gasteiger charge is 2.12. The van der Waals surface area contributed by atoms with Gasteiger partial charge in [0.15, 0.2) is 0 Å². The van der Waals surface area contributed by atoms with E-state index < -0.39 is 0 Å². The zero-order chi connectivity index (χ0) is 17.2. The Morgan fingerprint density at radius 1 is 1.00 bits per heavy atom. The van der Waals surface area contributed by atoms with Crippen molar-refractivity contribution in [2.24, 2.45) is 0 Å². The van der Waals surface area contributed by atoms with E-state index in [4.69, 9.17) is 0 Å². The third-order valence-corrected chi connectivity index (χ3v) is 3.29. The molecule has 0 saturated carbocycles. The smallest absolute Gasteiger partial charge is 0.251 e. The average Bonchev–Trinajstić information content (AvgIpc) is 2.60. The molecule has 2 N–H and O–H groups in total. The van der Waals surface area contributed by atoms with Gasteiger partial charge in [0.05, 0.1) is 6.54 Å². The lowest BCUT2D eigenvalue weighted by atomic mass is 10.1. The summed E-state index contributed by atoms with van der Waals surface area (Å²) in [4.78, 5) is 23.8. The maximum Gasteiger partial charge on any atom is 0.251 e. The molecule has 0 aromatic heterocycles. The zero-order valence-electron chi connectivity index (χ0n) is 13.6. The van der Waals surface area contributed by atoms with Crippen molar-refractivity contribution < 1.29 is 9.59 Å². The standard InChI is InChI=1S/C20H20N2O2/c1-16(22-20(24)18-12-6-3-7-13-18)15-19(23)21-14-8-11-17-9-4-2-5-10-17/h2-7,9-10,12-13,16H,14-15H2,1H3,(H,21,23)(H,22,24). The minimum absolute atomic E-state index is 0.141. The Bertz CT molecular complexity index is 730. The van der Waals surface area contributed by atoms with E-state index in [1.807, 2.05) is 36.4 Å². The monoisotopic (exact) mass is 320 g/mol. The Labute approximate surface area is 142 Å². The van der Waals surface area contributed by atoms with E-state index in [9.17, 15) is 9.59 Å². The zero-order valence-corrected chi connectivity index (χ0v) is 13.6. The predicted octanol–water partition coefficient (Wildman–Crippen LogP) is 2.36. The molecule has 4 heteroatoms. The summed E-state index contributed by atoms with van der Waals surface area (Å²) < 4.78 is 0. The summed E-state index contributed by atoms with van der Waals surface area (Å²) in [6.07, 6.45) is 0.214. The van der Waals surface area contributed by atoms with Crippen molar-refractivity contribution in [3.8, 4) is 11.8 Å². The van der Waals surface area contributed by atoms with E-state index in [-0.39, 0.29) is 30.8 Å². The van der Waals surface area contributed by atoms with Gasteiger partial charge in [-0.1, -0.05) is 48.2 Å². The Balaban J connectivity index is 1.72. The number of hydrogen-bond acceptors (Lipinski definition) is 2. The van der Waals surface area contributed by atoms with Crippen LogP contribution in [0.3, 0.4) is 0 Å². The molecule has 4 nitrogen and oxygen atoms in total. The molecule has 122 valence electrons. The number of hydrogen-bond donors (Lipinski definition) is 2. The van der Waals surface area contributed by atoms with Gasteiger partial charge in [0.2, 0.25) is 5.91 Å². The second kappa shape index (κ2) is 9.16. The highest BCUT2D eigenvalue weighted by atomic mass is 16.2. The first-order valence-corrected chi connectivity index (χ1v) is 7.81. The molecule has 0 aliphatic heterocycles. The van der Waals surface area contributed by atoms with Gasteiger partial charge >= 0.3 is 0 Å². The number of benzene rings is 2. The van der Waals surface area contributed by atoms with Gasteiger partial charge in [-0.2, -0.15) is 0 Å². The van der Waals surface area contributed by atoms with E-state index in [2.05, 4.69) is 22.5 Å². The van der Waals surface area contributed by atoms with Crippen molar-refractivity contribution in [1.82, 2.24) is 10.6 Å². The van der Waals surface area contributed by atoms with Gasteiger partial charge in [-0.05, 0) is 31.2 Å². The summed E-state index contributed by atoms with van der Waals surface area (Å²) in [6, 6.07) is 18.3. The first-order chi connectivity index (χ1) is 11.6. The fourth-order valence-corrected chi connectivity index (χ4v) is 2.11. The molecule has 0 spiro atoms. The van der Waals surface area contributed by atoms with Crippen LogP contribution in [0.2, 0.25) is 0 Å². The molecule has 24 heavy (non-hydrogen) atoms. The lowest BCUT2D eigenvalue weighted by Crippen LogP contribution is -2.37. The fourth-order valence-electron chi connectivity index (χ4n) is 2.11. The molecule has 0 radical (unpaired) electrons. The van der Waals surface area contributed by atoms with Gasteiger partial charge in [0, 0.05) is 23.6 Å². The van der Waals surface area contributed by atoms with E-state index in [1.165, 1.54) is 0 Å². The summed E-state index contributed by atoms with van der Waals surface area (Å²) >= 11 is 0. The Morgan fingerprint density at radius 3 is 2.29 bits per heavy atom. The van der Waals surface area contributed by atoms with Gasteiger partial charge in [0.1, 0.15) is 0 Å². The van der Waals surface area contributed by atoms with E-state index in [0.717, 1.165) is 5.56 Å². The van der Waals surface area contributed by atoms with Crippen LogP contribution in [0.25, 0.3) is 0 Å². The van der Waals surface area contributed by atoms with Gasteiger partial charge in [-0.25, -0.2) is 0 Å². The molecule has 0 fully saturated rings. The molecule has 1 unspecified atom stereocenters. The maximum atomic E-state index is 12.0. The molecule has 0 aliphatic carbocycles. The molecule has 2 aromatic rings. The minimum Gasteiger partial charge on any atom is -0.349 e. The van der Waals surface area contributed by atoms with Gasteiger partial charge in [-0.3, -0.25) is 9.59 Å². The quantitative estimate of drug-likeness (QED) is 0.831. The fraction of sp³-hybridized carbons (Fsp3) is 0.200. The molecule has 0 heterocycles. The molecule has 0 aliphatic rings. The van der Waals surface area contributed by atoms with Gasteiger partial charge in [-0.15, -0.1) is 0 Å². The lowest BCUT2D eigenvalue weighted by molar-refractivity contribution is -0.121. The molecule has 2 aromatic carbocycles. The van der Waals surface area contributed by atoms with Crippen molar-refractivity contribution in [3.63, 3.8) is 0 Å². The molecule has 2 rings (SSSR count). The average molecular weight is 320 g/mol. The van der Waals surface area contributed by atoms with Crippen LogP contribution >= 0.6 is 0 Å². The minimum atomic E-state index is -0.250. The Hall–Kier alpha value is -3.06. The van der Waals surface area contributed by atoms with Crippen molar-refractivity contribution >= 4 is 11.8 Å². The van der Waals surface area contributed by atoms with Crippen LogP contribution in [0.5, 0.6) is 0 Å². The number of rotatable bonds is 5. The van der Waals surface area contributed by atoms with Gasteiger partial charge in [0.25, 0.3) is 5.91 Å². The molecule has 2 amide bonds. The normalized spacial score (nSPS) is 10.9. The first-order valence-electron chi connectivity index (χ1n) is 7.81. The van der Waals surface area contributed by atoms with E-state index >= 15 is 0 Å². The number of carbonyl (C=O) groups is 2. The Kier molecular flexibility index (Phi) is 6.60. The molecule has 1 atom stereocenters. The van der Waals surface area contributed by atoms with Crippen molar-refractivity contribution in [1.29, 1.82) is 0 Å². The van der Waals surface area contributed by atoms with Gasteiger partial charge < -0.3 is 10.6 Å². The second-order valence-corrected chi connectivity index (χ2v) is 5.39. The van der Waals surface area contributed by atoms with Crippen LogP contribution in [0.4, 0.5) is 0 Å². The van der Waals surface area contributed by atoms with E-state index in [1.54, 1.807) is 31.2 Å². The van der Waals surface area contributed by atoms with Crippen molar-refractivity contribution in [2.45, 2.75) is 19.4 Å². The van der Waals surface area contributed by atoms with Crippen LogP contribution in [0.15, 0.2) is 60.7 Å². The topological polar surface area (TPSA) is 58.2 Å². The summed E-state index contributed by atoms with van der Waals surface area (Å²) in [5.41, 5.74) is 1.49. The number of carbonyl (C=O) groups excluding carboxylic acids is 2. The maximum absolute atomic E-state index is 12.0. The highest BCUT2D eigenvalue weighted by Crippen LogP contribution is 2.00. The molecule has 0 saturated heterocycles. The second-order valence-electron chi connectivity index (χ2n) is 5.39. The van der Waals surface area contributed by atoms with Crippen LogP contribution in [-0.2, 0) is 4.79 Å². The van der Waals surface area contributed by atoms with Crippen LogP contribution in [0, 0.1) is 11.8 Å². The van der Waals surface area contributed by atoms with Crippen molar-refractivity contribution in [3.05, 3.63) is 71.8 Å². The molecular formula is C20H20N2O2. The van der Waals surface area contributed by atoms with Crippen LogP contribution < -0.4 is 10.6 Å². The number of amides is 2. The molecule has 0 bridgehead atoms. The summed E-state index contributed by atoms with van der Waals surface area (Å²) in [5, 5.41) is 5.54. The van der Waals surface area contributed by atoms with Crippen molar-refractivity contribution in [2.75, 3.05) is 6.54 Å². The SMILES string of the molecule is CC(CC(=O)NCC#Cc1ccccc1)NC(=O)c1ccccc1. The third kappa shape index (κ3) is 5.98. The summed E-state index contributed by atoms with van der Waals surface area (Å²) in [5.74, 6) is 5.55. The lowest BCUT2D eigenvalue weighted by Gasteiger charge is -2.13. The number of nitrogens with one attached hydrogen (secondary N) is 2. The predicted molar refractivity (Wildman–Crippen MR) is 94.3 cm³/mol. The van der Waals surface area contributed by atoms with E-state index in [0.29, 0.717) is 5.56 Å². The molecular weight excluding hydrogens is 300 g/mol. The third-order valence-electron chi connectivity index (χ3n) is 3.29. The van der Waals surface area contributed by atoms with Crippen LogP contribution in [0.1, 0.15) is 29.3 Å². The summed E-state index contributed by atoms with van der Waals surface area (Å²) in [6.45, 7) is 2.09. The first kappa shape index (κ1) is 17.3. The largest absolute Gasteiger partial charge is 0.349 e. The highest BCUT2D eigenvalue weighted by molar-refractivity contribution is 5.94. The summed E-state index contributed by atoms with van der Waals surface area (Å²) in [7, 11) is 0.